The molecule has 8 aromatic carbocycles. The van der Waals surface area contributed by atoms with Gasteiger partial charge in [-0.3, -0.25) is 4.98 Å². The maximum atomic E-state index is 5.16. The highest BCUT2D eigenvalue weighted by Crippen LogP contribution is 2.44. The number of pyridine rings is 1. The highest BCUT2D eigenvalue weighted by Gasteiger charge is 2.18. The molecule has 10 aromatic rings. The smallest absolute Gasteiger partial charge is 0.0714 e. The Morgan fingerprint density at radius 3 is 1.59 bits per heavy atom. The van der Waals surface area contributed by atoms with Crippen molar-refractivity contribution in [3.8, 4) is 44.6 Å². The molecule has 0 saturated carbocycles. The van der Waals surface area contributed by atoms with Crippen LogP contribution < -0.4 is 0 Å². The van der Waals surface area contributed by atoms with Crippen LogP contribution in [0.1, 0.15) is 0 Å². The van der Waals surface area contributed by atoms with Crippen molar-refractivity contribution in [3.05, 3.63) is 176 Å². The van der Waals surface area contributed by atoms with E-state index in [4.69, 9.17) is 4.98 Å². The van der Waals surface area contributed by atoms with Crippen LogP contribution >= 0.6 is 11.3 Å². The number of aromatic nitrogens is 1. The standard InChI is InChI=1S/C47H29NS/c1-2-10-30(11-3-1)31-18-20-33(21-19-31)45-37-14-6-8-16-39(37)46(40-17-9-7-15-38(40)45)42-25-22-35(29-48-42)34-24-26-43-41(28-34)47-36-13-5-4-12-32(36)23-27-44(47)49-43/h1-29H. The van der Waals surface area contributed by atoms with Crippen LogP contribution in [0, 0.1) is 0 Å². The van der Waals surface area contributed by atoms with Crippen LogP contribution in [0.25, 0.3) is 97.1 Å². The number of hydrogen-bond donors (Lipinski definition) is 0. The molecule has 0 atom stereocenters. The van der Waals surface area contributed by atoms with Crippen LogP contribution in [0.2, 0.25) is 0 Å². The van der Waals surface area contributed by atoms with Crippen molar-refractivity contribution >= 4 is 63.8 Å². The number of fused-ring (bicyclic) bond motifs is 7. The van der Waals surface area contributed by atoms with E-state index in [1.165, 1.54) is 85.9 Å². The van der Waals surface area contributed by atoms with E-state index in [2.05, 4.69) is 170 Å². The molecule has 2 heteroatoms. The van der Waals surface area contributed by atoms with Crippen LogP contribution in [0.4, 0.5) is 0 Å². The molecule has 228 valence electrons. The van der Waals surface area contributed by atoms with Crippen LogP contribution in [-0.4, -0.2) is 4.98 Å². The second kappa shape index (κ2) is 11.3. The zero-order valence-electron chi connectivity index (χ0n) is 26.6. The van der Waals surface area contributed by atoms with Gasteiger partial charge in [0, 0.05) is 37.5 Å². The van der Waals surface area contributed by atoms with Gasteiger partial charge in [0.25, 0.3) is 0 Å². The molecular weight excluding hydrogens is 611 g/mol. The van der Waals surface area contributed by atoms with Gasteiger partial charge in [0.05, 0.1) is 5.69 Å². The summed E-state index contributed by atoms with van der Waals surface area (Å²) >= 11 is 1.87. The fourth-order valence-corrected chi connectivity index (χ4v) is 8.72. The highest BCUT2D eigenvalue weighted by atomic mass is 32.1. The lowest BCUT2D eigenvalue weighted by atomic mass is 9.87. The molecule has 0 N–H and O–H groups in total. The van der Waals surface area contributed by atoms with Crippen LogP contribution in [0.5, 0.6) is 0 Å². The summed E-state index contributed by atoms with van der Waals surface area (Å²) in [4.78, 5) is 5.16. The van der Waals surface area contributed by atoms with Crippen LogP contribution in [0.3, 0.4) is 0 Å². The molecule has 0 aliphatic rings. The van der Waals surface area contributed by atoms with Crippen molar-refractivity contribution in [1.82, 2.24) is 4.98 Å². The van der Waals surface area contributed by atoms with E-state index >= 15 is 0 Å². The molecule has 2 heterocycles. The van der Waals surface area contributed by atoms with Gasteiger partial charge in [0.2, 0.25) is 0 Å². The summed E-state index contributed by atoms with van der Waals surface area (Å²) in [6.07, 6.45) is 2.04. The quantitative estimate of drug-likeness (QED) is 0.175. The first-order valence-electron chi connectivity index (χ1n) is 16.7. The van der Waals surface area contributed by atoms with E-state index < -0.39 is 0 Å². The van der Waals surface area contributed by atoms with Gasteiger partial charge in [-0.2, -0.15) is 0 Å². The van der Waals surface area contributed by atoms with Crippen molar-refractivity contribution < 1.29 is 0 Å². The van der Waals surface area contributed by atoms with Gasteiger partial charge >= 0.3 is 0 Å². The Hall–Kier alpha value is -6.09. The Labute approximate surface area is 288 Å². The molecule has 49 heavy (non-hydrogen) atoms. The monoisotopic (exact) mass is 639 g/mol. The minimum Gasteiger partial charge on any atom is -0.256 e. The van der Waals surface area contributed by atoms with E-state index in [9.17, 15) is 0 Å². The Morgan fingerprint density at radius 1 is 0.347 bits per heavy atom. The number of nitrogens with zero attached hydrogens (tertiary/aromatic N) is 1. The van der Waals surface area contributed by atoms with Gasteiger partial charge in [-0.25, -0.2) is 0 Å². The Morgan fingerprint density at radius 2 is 0.898 bits per heavy atom. The summed E-state index contributed by atoms with van der Waals surface area (Å²) in [6, 6.07) is 61.6. The zero-order chi connectivity index (χ0) is 32.3. The molecular formula is C47H29NS. The summed E-state index contributed by atoms with van der Waals surface area (Å²) in [5, 5.41) is 10.1. The average molecular weight is 640 g/mol. The average Bonchev–Trinajstić information content (AvgIpc) is 3.56. The first-order chi connectivity index (χ1) is 24.3. The minimum atomic E-state index is 0.982. The molecule has 10 rings (SSSR count). The Balaban J connectivity index is 1.10. The van der Waals surface area contributed by atoms with Gasteiger partial charge in [-0.1, -0.05) is 146 Å². The molecule has 0 unspecified atom stereocenters. The molecule has 2 aromatic heterocycles. The van der Waals surface area contributed by atoms with Gasteiger partial charge in [-0.05, 0) is 84.4 Å². The van der Waals surface area contributed by atoms with Crippen molar-refractivity contribution in [2.75, 3.05) is 0 Å². The van der Waals surface area contributed by atoms with Crippen molar-refractivity contribution in [3.63, 3.8) is 0 Å². The topological polar surface area (TPSA) is 12.9 Å². The highest BCUT2D eigenvalue weighted by molar-refractivity contribution is 7.26. The normalized spacial score (nSPS) is 11.7. The fraction of sp³-hybridized carbons (Fsp3) is 0. The molecule has 0 amide bonds. The number of thiophene rings is 1. The van der Waals surface area contributed by atoms with Crippen molar-refractivity contribution in [2.45, 2.75) is 0 Å². The van der Waals surface area contributed by atoms with E-state index in [0.717, 1.165) is 11.3 Å². The fourth-order valence-electron chi connectivity index (χ4n) is 7.61. The summed E-state index contributed by atoms with van der Waals surface area (Å²) in [7, 11) is 0. The van der Waals surface area contributed by atoms with Gasteiger partial charge in [-0.15, -0.1) is 11.3 Å². The molecule has 0 saturated heterocycles. The lowest BCUT2D eigenvalue weighted by Gasteiger charge is -2.17. The lowest BCUT2D eigenvalue weighted by molar-refractivity contribution is 1.34. The maximum absolute atomic E-state index is 5.16. The molecule has 0 bridgehead atoms. The maximum Gasteiger partial charge on any atom is 0.0714 e. The van der Waals surface area contributed by atoms with Gasteiger partial charge in [0.1, 0.15) is 0 Å². The number of benzene rings is 8. The SMILES string of the molecule is c1ccc(-c2ccc(-c3c4ccccc4c(-c4ccc(-c5ccc6sc7ccc8ccccc8c7c6c5)cn4)c4ccccc34)cc2)cc1. The predicted octanol–water partition coefficient (Wildman–Crippen LogP) is 13.6. The summed E-state index contributed by atoms with van der Waals surface area (Å²) < 4.78 is 2.64. The van der Waals surface area contributed by atoms with E-state index in [1.807, 2.05) is 17.5 Å². The molecule has 1 nitrogen and oxygen atoms in total. The third-order valence-corrected chi connectivity index (χ3v) is 11.1. The second-order valence-electron chi connectivity index (χ2n) is 12.7. The van der Waals surface area contributed by atoms with Crippen LogP contribution in [-0.2, 0) is 0 Å². The lowest BCUT2D eigenvalue weighted by Crippen LogP contribution is -1.92. The largest absolute Gasteiger partial charge is 0.256 e. The van der Waals surface area contributed by atoms with Crippen molar-refractivity contribution in [2.24, 2.45) is 0 Å². The van der Waals surface area contributed by atoms with E-state index in [1.54, 1.807) is 0 Å². The van der Waals surface area contributed by atoms with Gasteiger partial charge < -0.3 is 0 Å². The molecule has 0 spiro atoms. The Bertz CT molecular complexity index is 2790. The molecule has 0 fully saturated rings. The molecule has 0 aliphatic carbocycles. The van der Waals surface area contributed by atoms with Gasteiger partial charge in [0.15, 0.2) is 0 Å². The zero-order valence-corrected chi connectivity index (χ0v) is 27.4. The van der Waals surface area contributed by atoms with Crippen LogP contribution in [0.15, 0.2) is 176 Å². The second-order valence-corrected chi connectivity index (χ2v) is 13.8. The summed E-state index contributed by atoms with van der Waals surface area (Å²) in [5.41, 5.74) is 9.38. The molecule has 0 radical (unpaired) electrons. The first kappa shape index (κ1) is 28.0. The number of hydrogen-bond acceptors (Lipinski definition) is 2. The third-order valence-electron chi connectivity index (χ3n) is 9.92. The van der Waals surface area contributed by atoms with E-state index in [0.29, 0.717) is 0 Å². The number of rotatable bonds is 4. The van der Waals surface area contributed by atoms with Crippen molar-refractivity contribution in [1.29, 1.82) is 0 Å². The summed E-state index contributed by atoms with van der Waals surface area (Å²) in [5.74, 6) is 0. The summed E-state index contributed by atoms with van der Waals surface area (Å²) in [6.45, 7) is 0. The predicted molar refractivity (Wildman–Crippen MR) is 211 cm³/mol. The first-order valence-corrected chi connectivity index (χ1v) is 17.5. The third kappa shape index (κ3) is 4.57. The minimum absolute atomic E-state index is 0.982. The van der Waals surface area contributed by atoms with E-state index in [-0.39, 0.29) is 0 Å². The molecule has 0 aliphatic heterocycles. The Kier molecular flexibility index (Phi) is 6.43.